The molecule has 15 nitrogen and oxygen atoms in total. The Kier molecular flexibility index (Phi) is 10.4. The van der Waals surface area contributed by atoms with Crippen LogP contribution in [0, 0.1) is 23.6 Å². The minimum atomic E-state index is -0.547. The van der Waals surface area contributed by atoms with Crippen molar-refractivity contribution in [2.45, 2.75) is 94.4 Å². The molecule has 0 spiro atoms. The van der Waals surface area contributed by atoms with Gasteiger partial charge in [-0.3, -0.25) is 14.9 Å². The molecule has 4 saturated heterocycles. The van der Waals surface area contributed by atoms with Gasteiger partial charge in [-0.15, -0.1) is 10.2 Å². The van der Waals surface area contributed by atoms with Crippen LogP contribution in [0.1, 0.15) is 70.8 Å². The lowest BCUT2D eigenvalue weighted by Gasteiger charge is -2.71. The summed E-state index contributed by atoms with van der Waals surface area (Å²) in [5, 5.41) is 24.8. The number of piperidine rings is 4. The van der Waals surface area contributed by atoms with Gasteiger partial charge in [-0.25, -0.2) is 9.18 Å². The highest BCUT2D eigenvalue weighted by Gasteiger charge is 2.67. The van der Waals surface area contributed by atoms with E-state index in [2.05, 4.69) is 47.7 Å². The first-order valence-electron chi connectivity index (χ1n) is 23.7. The summed E-state index contributed by atoms with van der Waals surface area (Å²) < 4.78 is 28.4. The fourth-order valence-electron chi connectivity index (χ4n) is 12.6. The second-order valence-corrected chi connectivity index (χ2v) is 20.3. The van der Waals surface area contributed by atoms with Crippen LogP contribution in [0.4, 0.5) is 32.1 Å². The molecule has 1 aromatic heterocycles. The topological polar surface area (TPSA) is 179 Å². The Bertz CT molecular complexity index is 2560. The minimum absolute atomic E-state index is 0.0304. The number of carbonyl (C=O) groups excluding carboxylic acids is 3. The number of phenols is 1. The van der Waals surface area contributed by atoms with Gasteiger partial charge < -0.3 is 45.2 Å². The van der Waals surface area contributed by atoms with E-state index in [-0.39, 0.29) is 47.0 Å². The molecule has 66 heavy (non-hydrogen) atoms. The van der Waals surface area contributed by atoms with E-state index >= 15 is 4.39 Å². The molecule has 4 unspecified atom stereocenters. The number of urea groups is 1. The number of aromatic hydroxyl groups is 1. The number of nitrogen functional groups attached to an aromatic ring is 1. The van der Waals surface area contributed by atoms with Crippen molar-refractivity contribution in [3.05, 3.63) is 78.1 Å². The van der Waals surface area contributed by atoms with Gasteiger partial charge >= 0.3 is 6.03 Å². The monoisotopic (exact) mass is 899 g/mol. The predicted molar refractivity (Wildman–Crippen MR) is 247 cm³/mol. The third-order valence-electron chi connectivity index (χ3n) is 15.6. The Hall–Kier alpha value is -6.32. The fraction of sp³-hybridized carbons (Fsp3) is 0.500. The van der Waals surface area contributed by atoms with Crippen molar-refractivity contribution >= 4 is 40.7 Å². The van der Waals surface area contributed by atoms with E-state index in [4.69, 9.17) is 15.2 Å². The number of likely N-dealkylation sites (tertiary alicyclic amines) is 1. The normalized spacial score (nSPS) is 27.1. The molecule has 5 aliphatic heterocycles. The van der Waals surface area contributed by atoms with Crippen LogP contribution in [0.25, 0.3) is 11.3 Å². The number of para-hydroxylation sites is 2. The highest BCUT2D eigenvalue weighted by atomic mass is 19.1. The van der Waals surface area contributed by atoms with E-state index in [1.165, 1.54) is 6.07 Å². The molecule has 3 aromatic carbocycles. The number of ether oxygens (including phenoxy) is 2. The van der Waals surface area contributed by atoms with Gasteiger partial charge in [0.05, 0.1) is 29.3 Å². The molecule has 2 aliphatic carbocycles. The van der Waals surface area contributed by atoms with Gasteiger partial charge in [-0.1, -0.05) is 18.2 Å². The zero-order chi connectivity index (χ0) is 45.5. The van der Waals surface area contributed by atoms with Crippen LogP contribution in [0.2, 0.25) is 0 Å². The van der Waals surface area contributed by atoms with Gasteiger partial charge in [0, 0.05) is 76.2 Å². The van der Waals surface area contributed by atoms with E-state index in [1.54, 1.807) is 18.2 Å². The molecule has 0 radical (unpaired) electrons. The Morgan fingerprint density at radius 1 is 0.894 bits per heavy atom. The lowest BCUT2D eigenvalue weighted by atomic mass is 9.35. The number of nitrogens with zero attached hydrogens (tertiary/aromatic N) is 6. The number of halogens is 1. The summed E-state index contributed by atoms with van der Waals surface area (Å²) in [7, 11) is 0. The first kappa shape index (κ1) is 42.3. The molecule has 7 aliphatic rings. The summed E-state index contributed by atoms with van der Waals surface area (Å²) in [4.78, 5) is 47.0. The van der Waals surface area contributed by atoms with Gasteiger partial charge in [0.15, 0.2) is 11.6 Å². The Morgan fingerprint density at radius 3 is 2.38 bits per heavy atom. The maximum atomic E-state index is 15.3. The average Bonchev–Trinajstić information content (AvgIpc) is 3.27. The molecule has 11 rings (SSSR count). The minimum Gasteiger partial charge on any atom is -0.507 e. The molecule has 2 saturated carbocycles. The Balaban J connectivity index is 0.669. The number of aromatic nitrogens is 2. The summed E-state index contributed by atoms with van der Waals surface area (Å²) in [6.07, 6.45) is 5.47. The molecule has 346 valence electrons. The third kappa shape index (κ3) is 7.55. The number of anilines is 4. The predicted octanol–water partition coefficient (Wildman–Crippen LogP) is 5.99. The maximum absolute atomic E-state index is 15.3. The van der Waals surface area contributed by atoms with Crippen molar-refractivity contribution in [1.82, 2.24) is 25.7 Å². The van der Waals surface area contributed by atoms with E-state index in [0.29, 0.717) is 85.9 Å². The van der Waals surface area contributed by atoms with Crippen LogP contribution in [0.15, 0.2) is 66.7 Å². The maximum Gasteiger partial charge on any atom is 0.317 e. The molecule has 5 N–H and O–H groups in total. The van der Waals surface area contributed by atoms with Crippen LogP contribution in [-0.4, -0.2) is 108 Å². The number of benzene rings is 3. The molecule has 6 fully saturated rings. The van der Waals surface area contributed by atoms with E-state index < -0.39 is 11.6 Å². The first-order valence-corrected chi connectivity index (χ1v) is 23.7. The molecular formula is C50H58FN9O6. The van der Waals surface area contributed by atoms with Crippen molar-refractivity contribution in [3.63, 3.8) is 0 Å². The summed E-state index contributed by atoms with van der Waals surface area (Å²) in [6.45, 7) is 8.82. The number of phenolic OH excluding ortho intramolecular Hbond substituents is 1. The zero-order valence-corrected chi connectivity index (χ0v) is 37.5. The number of carbonyl (C=O) groups is 3. The quantitative estimate of drug-likeness (QED) is 0.152. The van der Waals surface area contributed by atoms with Gasteiger partial charge in [-0.2, -0.15) is 0 Å². The number of nitrogens with one attached hydrogen (secondary N) is 2. The van der Waals surface area contributed by atoms with Crippen LogP contribution in [0.3, 0.4) is 0 Å². The molecule has 4 amide bonds. The fourth-order valence-corrected chi connectivity index (χ4v) is 12.6. The largest absolute Gasteiger partial charge is 0.507 e. The Labute approximate surface area is 383 Å². The molecule has 0 bridgehead atoms. The molecule has 6 heterocycles. The average molecular weight is 900 g/mol. The molecule has 4 aromatic rings. The van der Waals surface area contributed by atoms with Crippen molar-refractivity contribution in [3.8, 4) is 28.5 Å². The first-order chi connectivity index (χ1) is 31.8. The van der Waals surface area contributed by atoms with E-state index in [1.807, 2.05) is 49.1 Å². The summed E-state index contributed by atoms with van der Waals surface area (Å²) in [6, 6.07) is 19.8. The number of imide groups is 1. The lowest BCUT2D eigenvalue weighted by Crippen LogP contribution is -2.71. The summed E-state index contributed by atoms with van der Waals surface area (Å²) in [5.41, 5.74) is 10.7. The smallest absolute Gasteiger partial charge is 0.317 e. The number of nitrogens with two attached hydrogens (primary N) is 1. The highest BCUT2D eigenvalue weighted by Crippen LogP contribution is 2.70. The van der Waals surface area contributed by atoms with Gasteiger partial charge in [0.1, 0.15) is 35.1 Å². The van der Waals surface area contributed by atoms with Crippen molar-refractivity contribution in [2.24, 2.45) is 17.8 Å². The number of amides is 4. The van der Waals surface area contributed by atoms with Gasteiger partial charge in [-0.05, 0) is 117 Å². The lowest BCUT2D eigenvalue weighted by molar-refractivity contribution is -0.134. The van der Waals surface area contributed by atoms with Crippen LogP contribution in [-0.2, 0) is 15.0 Å². The van der Waals surface area contributed by atoms with Crippen molar-refractivity contribution in [1.29, 1.82) is 0 Å². The van der Waals surface area contributed by atoms with Gasteiger partial charge in [0.25, 0.3) is 0 Å². The van der Waals surface area contributed by atoms with Crippen LogP contribution < -0.4 is 40.5 Å². The summed E-state index contributed by atoms with van der Waals surface area (Å²) in [5.74, 6) is 2.41. The standard InChI is InChI=1S/C50H58FN9O6/c1-49(2)28-60(40-10-11-43(62)54-47(40)63)39-8-5-7-38(45(39)66-49)57-16-12-33(13-17-57)53-48(64)58-18-14-34(15-19-58)65-35-21-31(20-32(51)22-35)50-24-29-26-59(27-30(25-50)44(29)50)41-23-37(55-56-46(41)52)36-6-3-4-9-42(36)61/h3-9,20-23,29-30,33-34,40,44,61H,10-19,24-28H2,1-2H3,(H2,52,56)(H,53,64)(H,54,62,63)/t29-,30?,40?,44?,50?/m1/s1. The second kappa shape index (κ2) is 16.2. The number of fused-ring (bicyclic) bond motifs is 1. The molecule has 5 atom stereocenters. The van der Waals surface area contributed by atoms with Crippen LogP contribution in [0.5, 0.6) is 17.2 Å². The molecule has 16 heteroatoms. The number of rotatable bonds is 8. The van der Waals surface area contributed by atoms with Crippen LogP contribution >= 0.6 is 0 Å². The molecular weight excluding hydrogens is 842 g/mol. The zero-order valence-electron chi connectivity index (χ0n) is 37.5. The number of hydrogen-bond acceptors (Lipinski definition) is 12. The van der Waals surface area contributed by atoms with Crippen molar-refractivity contribution in [2.75, 3.05) is 66.2 Å². The highest BCUT2D eigenvalue weighted by molar-refractivity contribution is 6.02. The third-order valence-corrected chi connectivity index (χ3v) is 15.6. The van der Waals surface area contributed by atoms with E-state index in [9.17, 15) is 19.5 Å². The second-order valence-electron chi connectivity index (χ2n) is 20.3. The SMILES string of the molecule is CC1(C)CN(C2CCC(=O)NC2=O)c2cccc(N3CCC(NC(=O)N4CCC(Oc5cc(F)cc(C67CC8CN(c9cc(-c%10ccccc%10O)nnc9N)C[C@@H](C6)C87)c5)CC4)CC3)c2O1. The van der Waals surface area contributed by atoms with Gasteiger partial charge in [0.2, 0.25) is 11.8 Å². The van der Waals surface area contributed by atoms with E-state index in [0.717, 1.165) is 80.2 Å². The van der Waals surface area contributed by atoms with Crippen molar-refractivity contribution < 1.29 is 33.4 Å². The summed E-state index contributed by atoms with van der Waals surface area (Å²) >= 11 is 0. The number of hydrogen-bond donors (Lipinski definition) is 4. The Morgan fingerprint density at radius 2 is 1.64 bits per heavy atom.